The van der Waals surface area contributed by atoms with Crippen molar-refractivity contribution in [1.82, 2.24) is 10.6 Å². The third-order valence-electron chi connectivity index (χ3n) is 4.85. The van der Waals surface area contributed by atoms with Crippen LogP contribution in [0.3, 0.4) is 0 Å². The number of guanidine groups is 1. The van der Waals surface area contributed by atoms with E-state index >= 15 is 0 Å². The average molecular weight is 380 g/mol. The van der Waals surface area contributed by atoms with E-state index in [-0.39, 0.29) is 0 Å². The van der Waals surface area contributed by atoms with Crippen LogP contribution in [0.4, 0.5) is 0 Å². The summed E-state index contributed by atoms with van der Waals surface area (Å²) in [6.45, 7) is 7.46. The summed E-state index contributed by atoms with van der Waals surface area (Å²) >= 11 is 0. The molecule has 3 atom stereocenters. The zero-order chi connectivity index (χ0) is 18.9. The van der Waals surface area contributed by atoms with Crippen LogP contribution in [0.5, 0.6) is 5.75 Å². The van der Waals surface area contributed by atoms with Crippen molar-refractivity contribution in [2.24, 2.45) is 4.99 Å². The lowest BCUT2D eigenvalue weighted by Gasteiger charge is -2.30. The highest BCUT2D eigenvalue weighted by atomic mass is 32.2. The van der Waals surface area contributed by atoms with Gasteiger partial charge < -0.3 is 15.4 Å². The number of aliphatic imine (C=N–C) groups is 1. The normalized spacial score (nSPS) is 21.9. The van der Waals surface area contributed by atoms with Crippen molar-refractivity contribution in [3.8, 4) is 5.75 Å². The van der Waals surface area contributed by atoms with Gasteiger partial charge in [0.05, 0.1) is 6.61 Å². The van der Waals surface area contributed by atoms with Crippen molar-refractivity contribution >= 4 is 16.8 Å². The van der Waals surface area contributed by atoms with Crippen LogP contribution in [0, 0.1) is 6.92 Å². The second-order valence-corrected chi connectivity index (χ2v) is 8.76. The van der Waals surface area contributed by atoms with Crippen molar-refractivity contribution in [1.29, 1.82) is 0 Å². The van der Waals surface area contributed by atoms with Gasteiger partial charge in [-0.1, -0.05) is 25.5 Å². The Labute approximate surface area is 160 Å². The number of benzene rings is 1. The summed E-state index contributed by atoms with van der Waals surface area (Å²) < 4.78 is 17.7. The van der Waals surface area contributed by atoms with E-state index < -0.39 is 10.8 Å². The van der Waals surface area contributed by atoms with Crippen LogP contribution in [0.25, 0.3) is 0 Å². The summed E-state index contributed by atoms with van der Waals surface area (Å²) in [5.74, 6) is 2.50. The van der Waals surface area contributed by atoms with E-state index in [9.17, 15) is 4.21 Å². The minimum Gasteiger partial charge on any atom is -0.494 e. The smallest absolute Gasteiger partial charge is 0.191 e. The molecular formula is C20H33N3O2S. The number of nitrogens with one attached hydrogen (secondary N) is 2. The monoisotopic (exact) mass is 379 g/mol. The summed E-state index contributed by atoms with van der Waals surface area (Å²) in [6.07, 6.45) is 4.28. The van der Waals surface area contributed by atoms with Crippen LogP contribution in [-0.4, -0.2) is 40.9 Å². The summed E-state index contributed by atoms with van der Waals surface area (Å²) in [5, 5.41) is 7.22. The van der Waals surface area contributed by atoms with E-state index in [1.807, 2.05) is 19.9 Å². The SMILES string of the molecule is CCOc1ccc(CNC(=NC)NC2CCCC(S(=O)CC)C2)cc1C. The Balaban J connectivity index is 1.88. The maximum absolute atomic E-state index is 12.1. The van der Waals surface area contributed by atoms with Gasteiger partial charge in [0.25, 0.3) is 0 Å². The Morgan fingerprint density at radius 1 is 1.35 bits per heavy atom. The van der Waals surface area contributed by atoms with E-state index in [4.69, 9.17) is 4.74 Å². The molecule has 0 aliphatic heterocycles. The number of hydrogen-bond acceptors (Lipinski definition) is 3. The lowest BCUT2D eigenvalue weighted by Crippen LogP contribution is -2.46. The van der Waals surface area contributed by atoms with Crippen LogP contribution in [0.1, 0.15) is 50.7 Å². The largest absolute Gasteiger partial charge is 0.494 e. The van der Waals surface area contributed by atoms with Crippen molar-refractivity contribution in [3.63, 3.8) is 0 Å². The Hall–Kier alpha value is -1.56. The van der Waals surface area contributed by atoms with Crippen molar-refractivity contribution in [2.75, 3.05) is 19.4 Å². The first-order chi connectivity index (χ1) is 12.6. The van der Waals surface area contributed by atoms with Gasteiger partial charge in [-0.05, 0) is 50.3 Å². The molecule has 1 aromatic rings. The lowest BCUT2D eigenvalue weighted by atomic mass is 9.95. The molecular weight excluding hydrogens is 346 g/mol. The first-order valence-corrected chi connectivity index (χ1v) is 11.0. The molecule has 5 nitrogen and oxygen atoms in total. The van der Waals surface area contributed by atoms with Crippen LogP contribution in [0.2, 0.25) is 0 Å². The fourth-order valence-electron chi connectivity index (χ4n) is 3.46. The predicted octanol–water partition coefficient (Wildman–Crippen LogP) is 3.14. The maximum Gasteiger partial charge on any atom is 0.191 e. The van der Waals surface area contributed by atoms with Crippen molar-refractivity contribution in [3.05, 3.63) is 29.3 Å². The van der Waals surface area contributed by atoms with E-state index in [1.54, 1.807) is 7.05 Å². The van der Waals surface area contributed by atoms with Crippen LogP contribution < -0.4 is 15.4 Å². The van der Waals surface area contributed by atoms with Gasteiger partial charge in [-0.2, -0.15) is 0 Å². The fourth-order valence-corrected chi connectivity index (χ4v) is 4.81. The maximum atomic E-state index is 12.1. The Bertz CT molecular complexity index is 633. The third kappa shape index (κ3) is 6.01. The number of aryl methyl sites for hydroxylation is 1. The highest BCUT2D eigenvalue weighted by molar-refractivity contribution is 7.85. The topological polar surface area (TPSA) is 62.7 Å². The van der Waals surface area contributed by atoms with Gasteiger partial charge >= 0.3 is 0 Å². The van der Waals surface area contributed by atoms with Crippen LogP contribution in [-0.2, 0) is 17.3 Å². The molecule has 0 spiro atoms. The zero-order valence-corrected chi connectivity index (χ0v) is 17.3. The average Bonchev–Trinajstić information content (AvgIpc) is 2.66. The van der Waals surface area contributed by atoms with Crippen LogP contribution in [0.15, 0.2) is 23.2 Å². The predicted molar refractivity (Wildman–Crippen MR) is 110 cm³/mol. The summed E-state index contributed by atoms with van der Waals surface area (Å²) in [7, 11) is 1.09. The van der Waals surface area contributed by atoms with Gasteiger partial charge in [-0.3, -0.25) is 9.20 Å². The summed E-state index contributed by atoms with van der Waals surface area (Å²) in [4.78, 5) is 4.35. The standard InChI is InChI=1S/C20H33N3O2S/c1-5-25-19-11-10-16(12-15(19)3)14-22-20(21-4)23-17-8-7-9-18(13-17)26(24)6-2/h10-12,17-18H,5-9,13-14H2,1-4H3,(H2,21,22,23). The van der Waals surface area contributed by atoms with E-state index in [0.717, 1.165) is 48.7 Å². The van der Waals surface area contributed by atoms with Crippen LogP contribution >= 0.6 is 0 Å². The fraction of sp³-hybridized carbons (Fsp3) is 0.650. The molecule has 26 heavy (non-hydrogen) atoms. The van der Waals surface area contributed by atoms with E-state index in [2.05, 4.69) is 34.7 Å². The molecule has 0 bridgehead atoms. The minimum atomic E-state index is -0.703. The molecule has 146 valence electrons. The first-order valence-electron chi connectivity index (χ1n) is 9.64. The highest BCUT2D eigenvalue weighted by Crippen LogP contribution is 2.23. The molecule has 1 aliphatic carbocycles. The summed E-state index contributed by atoms with van der Waals surface area (Å²) in [6, 6.07) is 6.60. The molecule has 0 saturated heterocycles. The summed E-state index contributed by atoms with van der Waals surface area (Å²) in [5.41, 5.74) is 2.34. The molecule has 0 amide bonds. The van der Waals surface area contributed by atoms with E-state index in [1.165, 1.54) is 5.56 Å². The molecule has 6 heteroatoms. The Morgan fingerprint density at radius 2 is 2.15 bits per heavy atom. The molecule has 0 radical (unpaired) electrons. The van der Waals surface area contributed by atoms with Gasteiger partial charge in [-0.25, -0.2) is 0 Å². The second-order valence-electron chi connectivity index (χ2n) is 6.76. The lowest BCUT2D eigenvalue weighted by molar-refractivity contribution is 0.338. The Kier molecular flexibility index (Phi) is 8.42. The van der Waals surface area contributed by atoms with Gasteiger partial charge in [0.2, 0.25) is 0 Å². The molecule has 2 N–H and O–H groups in total. The zero-order valence-electron chi connectivity index (χ0n) is 16.5. The van der Waals surface area contributed by atoms with Gasteiger partial charge in [0, 0.05) is 41.4 Å². The quantitative estimate of drug-likeness (QED) is 0.564. The second kappa shape index (κ2) is 10.6. The van der Waals surface area contributed by atoms with Crippen molar-refractivity contribution < 1.29 is 8.95 Å². The van der Waals surface area contributed by atoms with Gasteiger partial charge in [-0.15, -0.1) is 0 Å². The molecule has 1 aliphatic rings. The first kappa shape index (κ1) is 20.7. The number of ether oxygens (including phenoxy) is 1. The molecule has 0 heterocycles. The molecule has 1 aromatic carbocycles. The number of hydrogen-bond donors (Lipinski definition) is 2. The van der Waals surface area contributed by atoms with E-state index in [0.29, 0.717) is 24.4 Å². The number of nitrogens with zero attached hydrogens (tertiary/aromatic N) is 1. The van der Waals surface area contributed by atoms with Gasteiger partial charge in [0.15, 0.2) is 5.96 Å². The molecule has 3 unspecified atom stereocenters. The minimum absolute atomic E-state index is 0.318. The molecule has 1 fully saturated rings. The molecule has 2 rings (SSSR count). The van der Waals surface area contributed by atoms with Gasteiger partial charge in [0.1, 0.15) is 5.75 Å². The highest BCUT2D eigenvalue weighted by Gasteiger charge is 2.25. The third-order valence-corrected chi connectivity index (χ3v) is 6.59. The molecule has 1 saturated carbocycles. The van der Waals surface area contributed by atoms with Crippen molar-refractivity contribution in [2.45, 2.75) is 64.3 Å². The molecule has 0 aromatic heterocycles. The Morgan fingerprint density at radius 3 is 2.81 bits per heavy atom. The number of rotatable bonds is 7.